The van der Waals surface area contributed by atoms with Gasteiger partial charge in [-0.2, -0.15) is 0 Å². The maximum absolute atomic E-state index is 12.4. The maximum Gasteiger partial charge on any atom is 0.186 e. The molecule has 0 amide bonds. The van der Waals surface area contributed by atoms with Crippen LogP contribution in [0, 0.1) is 6.92 Å². The molecule has 2 aromatic rings. The van der Waals surface area contributed by atoms with Gasteiger partial charge < -0.3 is 9.30 Å². The maximum atomic E-state index is 12.4. The van der Waals surface area contributed by atoms with Gasteiger partial charge in [-0.25, -0.2) is 4.98 Å². The number of rotatable bonds is 6. The zero-order valence-corrected chi connectivity index (χ0v) is 12.2. The predicted molar refractivity (Wildman–Crippen MR) is 78.3 cm³/mol. The Kier molecular flexibility index (Phi) is 4.56. The molecule has 0 radical (unpaired) electrons. The van der Waals surface area contributed by atoms with Crippen molar-refractivity contribution in [1.82, 2.24) is 9.55 Å². The summed E-state index contributed by atoms with van der Waals surface area (Å²) in [6.45, 7) is 4.38. The van der Waals surface area contributed by atoms with Gasteiger partial charge >= 0.3 is 0 Å². The van der Waals surface area contributed by atoms with Crippen LogP contribution in [0.3, 0.4) is 0 Å². The second-order valence-corrected chi connectivity index (χ2v) is 4.85. The Bertz CT molecular complexity index is 602. The number of ether oxygens (including phenoxy) is 1. The molecule has 1 aromatic heterocycles. The van der Waals surface area contributed by atoms with Crippen LogP contribution in [0.15, 0.2) is 30.6 Å². The summed E-state index contributed by atoms with van der Waals surface area (Å²) >= 11 is 0. The molecule has 0 aliphatic carbocycles. The molecule has 0 aliphatic rings. The smallest absolute Gasteiger partial charge is 0.186 e. The fourth-order valence-electron chi connectivity index (χ4n) is 2.20. The van der Waals surface area contributed by atoms with Crippen molar-refractivity contribution in [1.29, 1.82) is 0 Å². The summed E-state index contributed by atoms with van der Waals surface area (Å²) in [5.41, 5.74) is 1.70. The molecule has 0 atom stereocenters. The van der Waals surface area contributed by atoms with E-state index >= 15 is 0 Å². The van der Waals surface area contributed by atoms with Gasteiger partial charge in [0.1, 0.15) is 11.6 Å². The second kappa shape index (κ2) is 6.37. The number of methoxy groups -OCH3 is 1. The van der Waals surface area contributed by atoms with Crippen molar-refractivity contribution >= 4 is 5.78 Å². The molecule has 106 valence electrons. The first-order valence-corrected chi connectivity index (χ1v) is 6.83. The van der Waals surface area contributed by atoms with Crippen LogP contribution in [-0.4, -0.2) is 22.4 Å². The molecule has 0 unspecified atom stereocenters. The lowest BCUT2D eigenvalue weighted by atomic mass is 10.1. The van der Waals surface area contributed by atoms with E-state index in [1.54, 1.807) is 13.3 Å². The zero-order valence-electron chi connectivity index (χ0n) is 12.2. The molecule has 0 spiro atoms. The second-order valence-electron chi connectivity index (χ2n) is 4.85. The number of carbonyl (C=O) groups is 1. The molecule has 0 bridgehead atoms. The van der Waals surface area contributed by atoms with Crippen LogP contribution in [0.1, 0.15) is 35.1 Å². The van der Waals surface area contributed by atoms with E-state index in [0.717, 1.165) is 24.2 Å². The normalized spacial score (nSPS) is 10.6. The first-order valence-electron chi connectivity index (χ1n) is 6.83. The fourth-order valence-corrected chi connectivity index (χ4v) is 2.20. The zero-order chi connectivity index (χ0) is 14.5. The highest BCUT2D eigenvalue weighted by atomic mass is 16.5. The van der Waals surface area contributed by atoms with E-state index in [0.29, 0.717) is 17.9 Å². The third-order valence-corrected chi connectivity index (χ3v) is 3.25. The Hall–Kier alpha value is -2.10. The minimum absolute atomic E-state index is 0.0391. The Morgan fingerprint density at radius 3 is 2.90 bits per heavy atom. The van der Waals surface area contributed by atoms with Gasteiger partial charge in [-0.05, 0) is 31.0 Å². The number of Topliss-reactive ketones (excluding diaryl/α,β-unsaturated/α-hetero) is 1. The number of aromatic nitrogens is 2. The van der Waals surface area contributed by atoms with Gasteiger partial charge in [-0.15, -0.1) is 0 Å². The van der Waals surface area contributed by atoms with Crippen LogP contribution in [0.2, 0.25) is 0 Å². The lowest BCUT2D eigenvalue weighted by Crippen LogP contribution is -2.13. The van der Waals surface area contributed by atoms with Crippen LogP contribution in [-0.2, 0) is 13.0 Å². The SMILES string of the molecule is CCCc1nccn1CC(=O)c1ccc(C)cc1OC. The molecule has 4 nitrogen and oxygen atoms in total. The Morgan fingerprint density at radius 1 is 1.40 bits per heavy atom. The third-order valence-electron chi connectivity index (χ3n) is 3.25. The Morgan fingerprint density at radius 2 is 2.20 bits per heavy atom. The first-order chi connectivity index (χ1) is 9.65. The molecule has 4 heteroatoms. The van der Waals surface area contributed by atoms with E-state index in [-0.39, 0.29) is 5.78 Å². The molecule has 0 fully saturated rings. The van der Waals surface area contributed by atoms with E-state index in [1.165, 1.54) is 0 Å². The fraction of sp³-hybridized carbons (Fsp3) is 0.375. The van der Waals surface area contributed by atoms with Crippen LogP contribution >= 0.6 is 0 Å². The highest BCUT2D eigenvalue weighted by molar-refractivity contribution is 5.98. The summed E-state index contributed by atoms with van der Waals surface area (Å²) in [5.74, 6) is 1.62. The minimum atomic E-state index is 0.0391. The lowest BCUT2D eigenvalue weighted by Gasteiger charge is -2.10. The van der Waals surface area contributed by atoms with Crippen molar-refractivity contribution in [3.63, 3.8) is 0 Å². The Labute approximate surface area is 119 Å². The molecule has 0 saturated heterocycles. The molecule has 20 heavy (non-hydrogen) atoms. The highest BCUT2D eigenvalue weighted by Gasteiger charge is 2.14. The number of hydrogen-bond donors (Lipinski definition) is 0. The van der Waals surface area contributed by atoms with Crippen molar-refractivity contribution in [2.75, 3.05) is 7.11 Å². The van der Waals surface area contributed by atoms with Crippen molar-refractivity contribution in [3.8, 4) is 5.75 Å². The summed E-state index contributed by atoms with van der Waals surface area (Å²) in [5, 5.41) is 0. The van der Waals surface area contributed by atoms with Crippen molar-refractivity contribution in [3.05, 3.63) is 47.5 Å². The molecule has 1 heterocycles. The number of aryl methyl sites for hydroxylation is 2. The summed E-state index contributed by atoms with van der Waals surface area (Å²) in [7, 11) is 1.59. The number of hydrogen-bond acceptors (Lipinski definition) is 3. The molecular formula is C16H20N2O2. The molecule has 0 saturated carbocycles. The summed E-state index contributed by atoms with van der Waals surface area (Å²) < 4.78 is 7.21. The minimum Gasteiger partial charge on any atom is -0.496 e. The predicted octanol–water partition coefficient (Wildman–Crippen LogP) is 3.04. The monoisotopic (exact) mass is 272 g/mol. The van der Waals surface area contributed by atoms with Crippen LogP contribution in [0.5, 0.6) is 5.75 Å². The Balaban J connectivity index is 2.22. The molecule has 2 rings (SSSR count). The highest BCUT2D eigenvalue weighted by Crippen LogP contribution is 2.21. The van der Waals surface area contributed by atoms with Crippen LogP contribution in [0.25, 0.3) is 0 Å². The van der Waals surface area contributed by atoms with E-state index in [9.17, 15) is 4.79 Å². The van der Waals surface area contributed by atoms with Gasteiger partial charge in [-0.3, -0.25) is 4.79 Å². The molecule has 0 N–H and O–H groups in total. The quantitative estimate of drug-likeness (QED) is 0.759. The van der Waals surface area contributed by atoms with E-state index in [2.05, 4.69) is 11.9 Å². The molecule has 1 aromatic carbocycles. The summed E-state index contributed by atoms with van der Waals surface area (Å²) in [6, 6.07) is 5.64. The lowest BCUT2D eigenvalue weighted by molar-refractivity contribution is 0.0968. The van der Waals surface area contributed by atoms with Gasteiger partial charge in [0.05, 0.1) is 19.2 Å². The molecular weight excluding hydrogens is 252 g/mol. The van der Waals surface area contributed by atoms with Gasteiger partial charge in [-0.1, -0.05) is 13.0 Å². The average molecular weight is 272 g/mol. The number of imidazole rings is 1. The summed E-state index contributed by atoms with van der Waals surface area (Å²) in [6.07, 6.45) is 5.48. The van der Waals surface area contributed by atoms with Gasteiger partial charge in [0.25, 0.3) is 0 Å². The number of carbonyl (C=O) groups excluding carboxylic acids is 1. The average Bonchev–Trinajstić information content (AvgIpc) is 2.86. The van der Waals surface area contributed by atoms with Crippen LogP contribution < -0.4 is 4.74 Å². The van der Waals surface area contributed by atoms with E-state index < -0.39 is 0 Å². The topological polar surface area (TPSA) is 44.1 Å². The van der Waals surface area contributed by atoms with Crippen molar-refractivity contribution in [2.45, 2.75) is 33.2 Å². The van der Waals surface area contributed by atoms with Gasteiger partial charge in [0.2, 0.25) is 0 Å². The first kappa shape index (κ1) is 14.3. The number of nitrogens with zero attached hydrogens (tertiary/aromatic N) is 2. The van der Waals surface area contributed by atoms with E-state index in [4.69, 9.17) is 4.74 Å². The summed E-state index contributed by atoms with van der Waals surface area (Å²) in [4.78, 5) is 16.7. The largest absolute Gasteiger partial charge is 0.496 e. The van der Waals surface area contributed by atoms with Crippen LogP contribution in [0.4, 0.5) is 0 Å². The van der Waals surface area contributed by atoms with Gasteiger partial charge in [0.15, 0.2) is 5.78 Å². The standard InChI is InChI=1S/C16H20N2O2/c1-4-5-16-17-8-9-18(16)11-14(19)13-7-6-12(2)10-15(13)20-3/h6-10H,4-5,11H2,1-3H3. The van der Waals surface area contributed by atoms with Crippen molar-refractivity contribution < 1.29 is 9.53 Å². The third kappa shape index (κ3) is 3.07. The van der Waals surface area contributed by atoms with Crippen molar-refractivity contribution in [2.24, 2.45) is 0 Å². The van der Waals surface area contributed by atoms with E-state index in [1.807, 2.05) is 35.9 Å². The molecule has 0 aliphatic heterocycles. The van der Waals surface area contributed by atoms with Gasteiger partial charge in [0, 0.05) is 18.8 Å². The number of benzene rings is 1. The number of ketones is 1.